The van der Waals surface area contributed by atoms with Crippen LogP contribution in [0.25, 0.3) is 0 Å². The van der Waals surface area contributed by atoms with Crippen molar-refractivity contribution in [1.82, 2.24) is 0 Å². The fourth-order valence-electron chi connectivity index (χ4n) is 2.34. The number of hydrogen-bond acceptors (Lipinski definition) is 4. The first-order valence-electron chi connectivity index (χ1n) is 4.35. The fourth-order valence-corrected chi connectivity index (χ4v) is 2.34. The maximum atomic E-state index is 11.3. The Balaban J connectivity index is 2.05. The van der Waals surface area contributed by atoms with Gasteiger partial charge in [-0.05, 0) is 6.42 Å². The SMILES string of the molecule is O=C1OC(=O)C2C3CC=CC(O3)C12. The summed E-state index contributed by atoms with van der Waals surface area (Å²) in [7, 11) is 0. The number of rotatable bonds is 0. The molecule has 4 unspecified atom stereocenters. The number of cyclic esters (lactones) is 2. The molecule has 0 aliphatic carbocycles. The highest BCUT2D eigenvalue weighted by Crippen LogP contribution is 2.43. The van der Waals surface area contributed by atoms with E-state index in [9.17, 15) is 9.59 Å². The molecule has 0 amide bonds. The molecule has 0 N–H and O–H groups in total. The molecule has 2 saturated heterocycles. The Hall–Kier alpha value is -1.16. The van der Waals surface area contributed by atoms with Gasteiger partial charge < -0.3 is 9.47 Å². The van der Waals surface area contributed by atoms with Gasteiger partial charge in [-0.3, -0.25) is 9.59 Å². The minimum absolute atomic E-state index is 0.140. The van der Waals surface area contributed by atoms with Gasteiger partial charge in [-0.2, -0.15) is 0 Å². The predicted molar refractivity (Wildman–Crippen MR) is 40.5 cm³/mol. The minimum Gasteiger partial charge on any atom is -0.393 e. The normalized spacial score (nSPS) is 46.5. The van der Waals surface area contributed by atoms with Gasteiger partial charge in [-0.1, -0.05) is 12.2 Å². The molecule has 0 radical (unpaired) electrons. The third-order valence-electron chi connectivity index (χ3n) is 2.91. The highest BCUT2D eigenvalue weighted by Gasteiger charge is 2.58. The Morgan fingerprint density at radius 2 is 2.00 bits per heavy atom. The minimum atomic E-state index is -0.422. The Kier molecular flexibility index (Phi) is 1.23. The van der Waals surface area contributed by atoms with E-state index in [4.69, 9.17) is 4.74 Å². The lowest BCUT2D eigenvalue weighted by Crippen LogP contribution is -2.23. The van der Waals surface area contributed by atoms with Crippen molar-refractivity contribution in [1.29, 1.82) is 0 Å². The highest BCUT2D eigenvalue weighted by atomic mass is 16.6. The van der Waals surface area contributed by atoms with Crippen molar-refractivity contribution >= 4 is 11.9 Å². The van der Waals surface area contributed by atoms with E-state index < -0.39 is 11.9 Å². The fraction of sp³-hybridized carbons (Fsp3) is 0.556. The first kappa shape index (κ1) is 7.26. The molecule has 0 aromatic rings. The topological polar surface area (TPSA) is 52.6 Å². The second kappa shape index (κ2) is 2.20. The van der Waals surface area contributed by atoms with Gasteiger partial charge >= 0.3 is 11.9 Å². The van der Waals surface area contributed by atoms with E-state index in [-0.39, 0.29) is 24.0 Å². The number of fused-ring (bicyclic) bond motifs is 5. The molecule has 0 spiro atoms. The van der Waals surface area contributed by atoms with Gasteiger partial charge in [-0.25, -0.2) is 0 Å². The molecular formula is C9H8O4. The summed E-state index contributed by atoms with van der Waals surface area (Å²) in [6.45, 7) is 0. The van der Waals surface area contributed by atoms with Gasteiger partial charge in [0.2, 0.25) is 0 Å². The molecule has 3 aliphatic heterocycles. The summed E-state index contributed by atoms with van der Waals surface area (Å²) < 4.78 is 10.1. The van der Waals surface area contributed by atoms with Gasteiger partial charge in [0.1, 0.15) is 5.92 Å². The van der Waals surface area contributed by atoms with E-state index in [2.05, 4.69) is 4.74 Å². The molecule has 4 atom stereocenters. The molecule has 0 aromatic carbocycles. The summed E-state index contributed by atoms with van der Waals surface area (Å²) in [5.74, 6) is -1.57. The molecule has 13 heavy (non-hydrogen) atoms. The van der Waals surface area contributed by atoms with Crippen molar-refractivity contribution in [3.8, 4) is 0 Å². The Bertz CT molecular complexity index is 320. The van der Waals surface area contributed by atoms with Crippen LogP contribution in [0.15, 0.2) is 12.2 Å². The van der Waals surface area contributed by atoms with E-state index in [0.29, 0.717) is 6.42 Å². The van der Waals surface area contributed by atoms with E-state index in [1.54, 1.807) is 0 Å². The van der Waals surface area contributed by atoms with Crippen molar-refractivity contribution in [2.24, 2.45) is 11.8 Å². The first-order chi connectivity index (χ1) is 6.27. The third-order valence-corrected chi connectivity index (χ3v) is 2.91. The van der Waals surface area contributed by atoms with Crippen LogP contribution in [0.5, 0.6) is 0 Å². The van der Waals surface area contributed by atoms with E-state index in [0.717, 1.165) is 0 Å². The average molecular weight is 180 g/mol. The van der Waals surface area contributed by atoms with Crippen LogP contribution in [0.2, 0.25) is 0 Å². The van der Waals surface area contributed by atoms with Crippen molar-refractivity contribution < 1.29 is 19.1 Å². The standard InChI is InChI=1S/C9H8O4/c10-8-6-4-2-1-3-5(12-4)7(6)9(11)13-8/h1-2,4-7H,3H2. The van der Waals surface area contributed by atoms with Gasteiger partial charge in [0.15, 0.2) is 0 Å². The monoisotopic (exact) mass is 180 g/mol. The maximum Gasteiger partial charge on any atom is 0.320 e. The Labute approximate surface area is 74.5 Å². The quantitative estimate of drug-likeness (QED) is 0.300. The summed E-state index contributed by atoms with van der Waals surface area (Å²) in [4.78, 5) is 22.5. The largest absolute Gasteiger partial charge is 0.393 e. The van der Waals surface area contributed by atoms with Crippen molar-refractivity contribution in [3.05, 3.63) is 12.2 Å². The van der Waals surface area contributed by atoms with Crippen molar-refractivity contribution in [2.45, 2.75) is 18.6 Å². The lowest BCUT2D eigenvalue weighted by atomic mass is 9.90. The third kappa shape index (κ3) is 0.785. The zero-order valence-electron chi connectivity index (χ0n) is 6.80. The van der Waals surface area contributed by atoms with Crippen molar-refractivity contribution in [2.75, 3.05) is 0 Å². The lowest BCUT2D eigenvalue weighted by molar-refractivity contribution is -0.157. The molecule has 2 fully saturated rings. The summed E-state index contributed by atoms with van der Waals surface area (Å²) in [6.07, 6.45) is 4.15. The van der Waals surface area contributed by atoms with E-state index >= 15 is 0 Å². The maximum absolute atomic E-state index is 11.3. The lowest BCUT2D eigenvalue weighted by Gasteiger charge is -2.16. The van der Waals surface area contributed by atoms with Gasteiger partial charge in [0.25, 0.3) is 0 Å². The van der Waals surface area contributed by atoms with Crippen LogP contribution in [-0.2, 0) is 19.1 Å². The van der Waals surface area contributed by atoms with Gasteiger partial charge in [-0.15, -0.1) is 0 Å². The van der Waals surface area contributed by atoms with Crippen LogP contribution in [0, 0.1) is 11.8 Å². The summed E-state index contributed by atoms with van der Waals surface area (Å²) in [5.41, 5.74) is 0. The smallest absolute Gasteiger partial charge is 0.320 e. The molecule has 3 rings (SSSR count). The number of esters is 2. The predicted octanol–water partition coefficient (Wildman–Crippen LogP) is 0.0295. The second-order valence-corrected chi connectivity index (χ2v) is 3.59. The number of carbonyl (C=O) groups excluding carboxylic acids is 2. The molecule has 3 aliphatic rings. The van der Waals surface area contributed by atoms with Crippen LogP contribution in [-0.4, -0.2) is 24.1 Å². The number of ether oxygens (including phenoxy) is 2. The van der Waals surface area contributed by atoms with Gasteiger partial charge in [0.05, 0.1) is 18.1 Å². The Morgan fingerprint density at radius 3 is 2.85 bits per heavy atom. The molecule has 0 aromatic heterocycles. The molecular weight excluding hydrogens is 172 g/mol. The number of hydrogen-bond donors (Lipinski definition) is 0. The number of carbonyl (C=O) groups is 2. The van der Waals surface area contributed by atoms with Crippen molar-refractivity contribution in [3.63, 3.8) is 0 Å². The van der Waals surface area contributed by atoms with Crippen LogP contribution in [0.4, 0.5) is 0 Å². The molecule has 2 bridgehead atoms. The summed E-state index contributed by atoms with van der Waals surface area (Å²) >= 11 is 0. The zero-order valence-corrected chi connectivity index (χ0v) is 6.80. The average Bonchev–Trinajstić information content (AvgIpc) is 2.53. The van der Waals surface area contributed by atoms with Crippen LogP contribution < -0.4 is 0 Å². The molecule has 68 valence electrons. The van der Waals surface area contributed by atoms with Crippen LogP contribution in [0.3, 0.4) is 0 Å². The van der Waals surface area contributed by atoms with Gasteiger partial charge in [0, 0.05) is 0 Å². The van der Waals surface area contributed by atoms with E-state index in [1.807, 2.05) is 12.2 Å². The summed E-state index contributed by atoms with van der Waals surface area (Å²) in [5, 5.41) is 0. The van der Waals surface area contributed by atoms with Crippen LogP contribution in [0.1, 0.15) is 6.42 Å². The van der Waals surface area contributed by atoms with Crippen LogP contribution >= 0.6 is 0 Å². The zero-order chi connectivity index (χ0) is 9.00. The highest BCUT2D eigenvalue weighted by molar-refractivity contribution is 5.98. The second-order valence-electron chi connectivity index (χ2n) is 3.59. The van der Waals surface area contributed by atoms with E-state index in [1.165, 1.54) is 0 Å². The summed E-state index contributed by atoms with van der Waals surface area (Å²) in [6, 6.07) is 0. The Morgan fingerprint density at radius 1 is 1.23 bits per heavy atom. The first-order valence-corrected chi connectivity index (χ1v) is 4.35. The molecule has 4 heteroatoms. The molecule has 0 saturated carbocycles. The molecule has 3 heterocycles. The molecule has 4 nitrogen and oxygen atoms in total.